The number of aryl methyl sites for hydroxylation is 1. The second kappa shape index (κ2) is 6.21. The van der Waals surface area contributed by atoms with Gasteiger partial charge in [0.1, 0.15) is 24.3 Å². The molecule has 0 aliphatic rings. The maximum absolute atomic E-state index is 12.6. The zero-order valence-electron chi connectivity index (χ0n) is 13.2. The molecule has 3 heterocycles. The van der Waals surface area contributed by atoms with Crippen molar-refractivity contribution in [1.29, 1.82) is 0 Å². The molecule has 0 aliphatic carbocycles. The number of benzene rings is 1. The minimum Gasteiger partial charge on any atom is -0.454 e. The molecule has 8 heteroatoms. The molecule has 25 heavy (non-hydrogen) atoms. The number of H-pyrrole nitrogens is 1. The van der Waals surface area contributed by atoms with E-state index in [1.165, 1.54) is 6.33 Å². The molecule has 0 spiro atoms. The highest BCUT2D eigenvalue weighted by Gasteiger charge is 2.15. The molecule has 4 aromatic rings. The molecular formula is C17H12BrN5O2. The lowest BCUT2D eigenvalue weighted by Crippen LogP contribution is -2.08. The Balaban J connectivity index is 1.61. The molecular weight excluding hydrogens is 386 g/mol. The largest absolute Gasteiger partial charge is 0.454 e. The average Bonchev–Trinajstić information content (AvgIpc) is 3.01. The lowest BCUT2D eigenvalue weighted by molar-refractivity contribution is 0.0465. The molecule has 0 saturated heterocycles. The van der Waals surface area contributed by atoms with Crippen molar-refractivity contribution in [1.82, 2.24) is 24.9 Å². The monoisotopic (exact) mass is 397 g/mol. The number of pyridine rings is 1. The normalized spacial score (nSPS) is 11.1. The number of carbonyl (C=O) groups excluding carboxylic acids is 1. The van der Waals surface area contributed by atoms with Gasteiger partial charge in [0, 0.05) is 15.6 Å². The smallest absolute Gasteiger partial charge is 0.339 e. The summed E-state index contributed by atoms with van der Waals surface area (Å²) in [6, 6.07) is 7.31. The van der Waals surface area contributed by atoms with Crippen LogP contribution in [0.25, 0.3) is 22.1 Å². The Hall–Kier alpha value is -2.87. The summed E-state index contributed by atoms with van der Waals surface area (Å²) in [6.45, 7) is 1.86. The van der Waals surface area contributed by atoms with Crippen LogP contribution in [-0.4, -0.2) is 30.9 Å². The molecule has 0 unspecified atom stereocenters. The average molecular weight is 398 g/mol. The number of fused-ring (bicyclic) bond motifs is 2. The van der Waals surface area contributed by atoms with Crippen LogP contribution in [0.1, 0.15) is 21.9 Å². The van der Waals surface area contributed by atoms with Crippen LogP contribution in [-0.2, 0) is 11.3 Å². The van der Waals surface area contributed by atoms with Gasteiger partial charge in [-0.05, 0) is 25.1 Å². The van der Waals surface area contributed by atoms with Crippen LogP contribution in [0.2, 0.25) is 0 Å². The molecule has 0 fully saturated rings. The van der Waals surface area contributed by atoms with Gasteiger partial charge >= 0.3 is 5.97 Å². The van der Waals surface area contributed by atoms with E-state index >= 15 is 0 Å². The lowest BCUT2D eigenvalue weighted by Gasteiger charge is -2.08. The summed E-state index contributed by atoms with van der Waals surface area (Å²) in [5, 5.41) is 0.745. The number of hydrogen-bond donors (Lipinski definition) is 1. The maximum atomic E-state index is 12.6. The van der Waals surface area contributed by atoms with Crippen LogP contribution < -0.4 is 0 Å². The number of carbonyl (C=O) groups is 1. The molecule has 0 atom stereocenters. The van der Waals surface area contributed by atoms with E-state index in [0.717, 1.165) is 21.1 Å². The first-order valence-corrected chi connectivity index (χ1v) is 8.28. The SMILES string of the molecule is Cc1cc(C(=O)OCc2nc3ncncc3[nH]2)c2ccc(Br)cc2n1. The third kappa shape index (κ3) is 3.08. The van der Waals surface area contributed by atoms with Gasteiger partial charge in [-0.1, -0.05) is 22.0 Å². The van der Waals surface area contributed by atoms with E-state index in [-0.39, 0.29) is 6.61 Å². The second-order valence-corrected chi connectivity index (χ2v) is 6.41. The molecule has 0 saturated carbocycles. The van der Waals surface area contributed by atoms with Crippen molar-refractivity contribution < 1.29 is 9.53 Å². The fourth-order valence-corrected chi connectivity index (χ4v) is 2.94. The van der Waals surface area contributed by atoms with Crippen LogP contribution in [0.4, 0.5) is 0 Å². The van der Waals surface area contributed by atoms with Crippen LogP contribution >= 0.6 is 15.9 Å². The van der Waals surface area contributed by atoms with Crippen molar-refractivity contribution in [2.24, 2.45) is 0 Å². The summed E-state index contributed by atoms with van der Waals surface area (Å²) in [4.78, 5) is 32.3. The number of nitrogens with one attached hydrogen (secondary N) is 1. The fraction of sp³-hybridized carbons (Fsp3) is 0.118. The summed E-state index contributed by atoms with van der Waals surface area (Å²) in [7, 11) is 0. The Morgan fingerprint density at radius 2 is 2.16 bits per heavy atom. The zero-order chi connectivity index (χ0) is 17.4. The fourth-order valence-electron chi connectivity index (χ4n) is 2.59. The van der Waals surface area contributed by atoms with E-state index in [2.05, 4.69) is 40.8 Å². The Kier molecular flexibility index (Phi) is 3.89. The first kappa shape index (κ1) is 15.6. The van der Waals surface area contributed by atoms with Gasteiger partial charge < -0.3 is 9.72 Å². The van der Waals surface area contributed by atoms with Crippen LogP contribution in [0.5, 0.6) is 0 Å². The van der Waals surface area contributed by atoms with Crippen molar-refractivity contribution in [2.75, 3.05) is 0 Å². The van der Waals surface area contributed by atoms with Crippen molar-refractivity contribution in [3.8, 4) is 0 Å². The van der Waals surface area contributed by atoms with E-state index in [9.17, 15) is 4.79 Å². The Morgan fingerprint density at radius 3 is 3.00 bits per heavy atom. The number of hydrogen-bond acceptors (Lipinski definition) is 6. The topological polar surface area (TPSA) is 93.6 Å². The molecule has 1 aromatic carbocycles. The van der Waals surface area contributed by atoms with E-state index in [1.807, 2.05) is 25.1 Å². The Labute approximate surface area is 150 Å². The third-order valence-corrected chi connectivity index (χ3v) is 4.16. The van der Waals surface area contributed by atoms with Gasteiger partial charge in [-0.2, -0.15) is 0 Å². The zero-order valence-corrected chi connectivity index (χ0v) is 14.7. The third-order valence-electron chi connectivity index (χ3n) is 3.67. The molecule has 0 bridgehead atoms. The van der Waals surface area contributed by atoms with Gasteiger partial charge in [-0.25, -0.2) is 19.7 Å². The molecule has 3 aromatic heterocycles. The number of ether oxygens (including phenoxy) is 1. The van der Waals surface area contributed by atoms with E-state index in [4.69, 9.17) is 4.74 Å². The van der Waals surface area contributed by atoms with Crippen molar-refractivity contribution in [3.63, 3.8) is 0 Å². The number of aromatic amines is 1. The predicted octanol–water partition coefficient (Wildman–Crippen LogP) is 3.33. The predicted molar refractivity (Wildman–Crippen MR) is 95.0 cm³/mol. The van der Waals surface area contributed by atoms with Gasteiger partial charge in [0.05, 0.1) is 17.3 Å². The highest BCUT2D eigenvalue weighted by Crippen LogP contribution is 2.23. The molecule has 0 aliphatic heterocycles. The summed E-state index contributed by atoms with van der Waals surface area (Å²) in [5.41, 5.74) is 3.20. The number of rotatable bonds is 3. The quantitative estimate of drug-likeness (QED) is 0.532. The van der Waals surface area contributed by atoms with Crippen LogP contribution in [0, 0.1) is 6.92 Å². The van der Waals surface area contributed by atoms with Gasteiger partial charge in [0.25, 0.3) is 0 Å². The summed E-state index contributed by atoms with van der Waals surface area (Å²) >= 11 is 3.42. The maximum Gasteiger partial charge on any atom is 0.339 e. The van der Waals surface area contributed by atoms with E-state index < -0.39 is 5.97 Å². The molecule has 1 N–H and O–H groups in total. The first-order valence-electron chi connectivity index (χ1n) is 7.49. The molecule has 124 valence electrons. The van der Waals surface area contributed by atoms with E-state index in [0.29, 0.717) is 22.6 Å². The van der Waals surface area contributed by atoms with Gasteiger partial charge in [0.15, 0.2) is 5.65 Å². The van der Waals surface area contributed by atoms with Crippen molar-refractivity contribution in [3.05, 3.63) is 58.3 Å². The van der Waals surface area contributed by atoms with Crippen molar-refractivity contribution >= 4 is 44.0 Å². The Morgan fingerprint density at radius 1 is 1.28 bits per heavy atom. The number of aromatic nitrogens is 5. The second-order valence-electron chi connectivity index (χ2n) is 5.49. The first-order chi connectivity index (χ1) is 12.1. The standard InChI is InChI=1S/C17H12BrN5O2/c1-9-4-12(11-3-2-10(18)5-13(11)21-9)17(24)25-7-15-22-14-6-19-8-20-16(14)23-15/h2-6,8H,7H2,1H3,(H,19,20,22,23). The van der Waals surface area contributed by atoms with E-state index in [1.54, 1.807) is 12.3 Å². The number of esters is 1. The van der Waals surface area contributed by atoms with Gasteiger partial charge in [0.2, 0.25) is 0 Å². The van der Waals surface area contributed by atoms with Gasteiger partial charge in [-0.3, -0.25) is 4.98 Å². The van der Waals surface area contributed by atoms with Crippen LogP contribution in [0.15, 0.2) is 41.3 Å². The number of nitrogens with zero attached hydrogens (tertiary/aromatic N) is 4. The van der Waals surface area contributed by atoms with Crippen LogP contribution in [0.3, 0.4) is 0 Å². The molecule has 0 radical (unpaired) electrons. The Bertz CT molecular complexity index is 1070. The minimum absolute atomic E-state index is 0.0224. The van der Waals surface area contributed by atoms with Crippen molar-refractivity contribution in [2.45, 2.75) is 13.5 Å². The summed E-state index contributed by atoms with van der Waals surface area (Å²) < 4.78 is 6.32. The lowest BCUT2D eigenvalue weighted by atomic mass is 10.1. The summed E-state index contributed by atoms with van der Waals surface area (Å²) in [6.07, 6.45) is 3.04. The molecule has 0 amide bonds. The number of imidazole rings is 1. The minimum atomic E-state index is -0.427. The highest BCUT2D eigenvalue weighted by molar-refractivity contribution is 9.10. The molecule has 4 rings (SSSR count). The summed E-state index contributed by atoms with van der Waals surface area (Å²) in [5.74, 6) is 0.0889. The highest BCUT2D eigenvalue weighted by atomic mass is 79.9. The molecule has 7 nitrogen and oxygen atoms in total. The number of halogens is 1. The van der Waals surface area contributed by atoms with Gasteiger partial charge in [-0.15, -0.1) is 0 Å².